The molecular weight excluding hydrogens is 244 g/mol. The Morgan fingerprint density at radius 2 is 1.78 bits per heavy atom. The Hall–Kier alpha value is -2.02. The predicted molar refractivity (Wildman–Crippen MR) is 61.9 cm³/mol. The number of anilines is 1. The van der Waals surface area contributed by atoms with Crippen LogP contribution in [0.3, 0.4) is 0 Å². The average molecular weight is 257 g/mol. The summed E-state index contributed by atoms with van der Waals surface area (Å²) < 4.78 is 25.5. The van der Waals surface area contributed by atoms with Crippen LogP contribution >= 0.6 is 0 Å². The zero-order valence-corrected chi connectivity index (χ0v) is 9.72. The molecule has 0 radical (unpaired) electrons. The van der Waals surface area contributed by atoms with E-state index in [9.17, 15) is 18.4 Å². The summed E-state index contributed by atoms with van der Waals surface area (Å²) in [6, 6.07) is 3.05. The molecule has 0 unspecified atom stereocenters. The van der Waals surface area contributed by atoms with Crippen LogP contribution in [0.15, 0.2) is 18.2 Å². The maximum Gasteiger partial charge on any atom is 0.238 e. The Bertz CT molecular complexity index is 452. The van der Waals surface area contributed by atoms with Crippen LogP contribution in [0.25, 0.3) is 0 Å². The molecule has 0 spiro atoms. The van der Waals surface area contributed by atoms with E-state index in [1.165, 1.54) is 13.1 Å². The van der Waals surface area contributed by atoms with Crippen LogP contribution < -0.4 is 16.0 Å². The molecule has 0 saturated carbocycles. The summed E-state index contributed by atoms with van der Waals surface area (Å²) in [4.78, 5) is 22.2. The summed E-state index contributed by atoms with van der Waals surface area (Å²) >= 11 is 0. The summed E-state index contributed by atoms with van der Waals surface area (Å²) in [5.74, 6) is -2.72. The highest BCUT2D eigenvalue weighted by molar-refractivity contribution is 5.92. The Kier molecular flexibility index (Phi) is 5.19. The molecule has 98 valence electrons. The molecule has 5 nitrogen and oxygen atoms in total. The third kappa shape index (κ3) is 4.46. The van der Waals surface area contributed by atoms with Crippen LogP contribution in [0.1, 0.15) is 0 Å². The van der Waals surface area contributed by atoms with E-state index < -0.39 is 17.5 Å². The van der Waals surface area contributed by atoms with Gasteiger partial charge >= 0.3 is 0 Å². The zero-order chi connectivity index (χ0) is 13.5. The Morgan fingerprint density at radius 1 is 1.11 bits per heavy atom. The van der Waals surface area contributed by atoms with Crippen molar-refractivity contribution in [3.05, 3.63) is 29.8 Å². The number of benzene rings is 1. The average Bonchev–Trinajstić information content (AvgIpc) is 2.33. The minimum Gasteiger partial charge on any atom is -0.358 e. The van der Waals surface area contributed by atoms with Gasteiger partial charge in [-0.15, -0.1) is 0 Å². The molecule has 0 aromatic heterocycles. The van der Waals surface area contributed by atoms with Gasteiger partial charge in [-0.3, -0.25) is 14.9 Å². The number of halogens is 2. The van der Waals surface area contributed by atoms with E-state index in [2.05, 4.69) is 16.0 Å². The maximum atomic E-state index is 12.8. The molecule has 18 heavy (non-hydrogen) atoms. The molecule has 7 heteroatoms. The van der Waals surface area contributed by atoms with Gasteiger partial charge in [0.1, 0.15) is 0 Å². The van der Waals surface area contributed by atoms with Gasteiger partial charge in [-0.25, -0.2) is 8.78 Å². The lowest BCUT2D eigenvalue weighted by Gasteiger charge is -2.06. The van der Waals surface area contributed by atoms with E-state index in [-0.39, 0.29) is 24.7 Å². The zero-order valence-electron chi connectivity index (χ0n) is 9.72. The molecule has 0 fully saturated rings. The van der Waals surface area contributed by atoms with Gasteiger partial charge in [0.15, 0.2) is 11.6 Å². The van der Waals surface area contributed by atoms with Gasteiger partial charge in [-0.1, -0.05) is 0 Å². The number of hydrogen-bond donors (Lipinski definition) is 3. The van der Waals surface area contributed by atoms with E-state index in [1.807, 2.05) is 0 Å². The van der Waals surface area contributed by atoms with Crippen molar-refractivity contribution in [1.29, 1.82) is 0 Å². The first kappa shape index (κ1) is 14.0. The van der Waals surface area contributed by atoms with Gasteiger partial charge in [0.25, 0.3) is 0 Å². The first-order chi connectivity index (χ1) is 8.52. The van der Waals surface area contributed by atoms with Crippen molar-refractivity contribution in [2.24, 2.45) is 0 Å². The predicted octanol–water partition coefficient (Wildman–Crippen LogP) is 0.239. The molecule has 1 aromatic carbocycles. The molecule has 1 aromatic rings. The van der Waals surface area contributed by atoms with Crippen LogP contribution in [0.5, 0.6) is 0 Å². The second kappa shape index (κ2) is 6.65. The molecule has 0 aliphatic rings. The van der Waals surface area contributed by atoms with Crippen LogP contribution in [-0.2, 0) is 9.59 Å². The lowest BCUT2D eigenvalue weighted by atomic mass is 10.3. The third-order valence-corrected chi connectivity index (χ3v) is 2.05. The minimum absolute atomic E-state index is 0.00169. The van der Waals surface area contributed by atoms with Gasteiger partial charge in [-0.05, 0) is 12.1 Å². The van der Waals surface area contributed by atoms with Gasteiger partial charge in [0.2, 0.25) is 11.8 Å². The molecule has 0 atom stereocenters. The molecule has 1 rings (SSSR count). The second-order valence-electron chi connectivity index (χ2n) is 3.45. The fraction of sp³-hybridized carbons (Fsp3) is 0.273. The largest absolute Gasteiger partial charge is 0.358 e. The number of nitrogens with one attached hydrogen (secondary N) is 3. The lowest BCUT2D eigenvalue weighted by molar-refractivity contribution is -0.119. The lowest BCUT2D eigenvalue weighted by Crippen LogP contribution is -2.36. The quantitative estimate of drug-likeness (QED) is 0.707. The second-order valence-corrected chi connectivity index (χ2v) is 3.45. The monoisotopic (exact) mass is 257 g/mol. The number of likely N-dealkylation sites (N-methyl/N-ethyl adjacent to an activating group) is 1. The summed E-state index contributed by atoms with van der Waals surface area (Å²) in [6.07, 6.45) is 0. The van der Waals surface area contributed by atoms with E-state index in [0.29, 0.717) is 0 Å². The number of hydrogen-bond acceptors (Lipinski definition) is 3. The van der Waals surface area contributed by atoms with Gasteiger partial charge in [0.05, 0.1) is 13.1 Å². The fourth-order valence-corrected chi connectivity index (χ4v) is 1.16. The molecule has 0 bridgehead atoms. The highest BCUT2D eigenvalue weighted by Gasteiger charge is 2.06. The normalized spacial score (nSPS) is 9.94. The van der Waals surface area contributed by atoms with E-state index >= 15 is 0 Å². The number of rotatable bonds is 5. The Labute approximate surface area is 103 Å². The van der Waals surface area contributed by atoms with Crippen molar-refractivity contribution in [2.45, 2.75) is 0 Å². The highest BCUT2D eigenvalue weighted by Crippen LogP contribution is 2.12. The highest BCUT2D eigenvalue weighted by atomic mass is 19.2. The van der Waals surface area contributed by atoms with Crippen LogP contribution in [0.2, 0.25) is 0 Å². The van der Waals surface area contributed by atoms with Gasteiger partial charge < -0.3 is 10.6 Å². The van der Waals surface area contributed by atoms with E-state index in [0.717, 1.165) is 12.1 Å². The molecule has 0 heterocycles. The van der Waals surface area contributed by atoms with Crippen molar-refractivity contribution >= 4 is 17.5 Å². The fourth-order valence-electron chi connectivity index (χ4n) is 1.16. The number of carbonyl (C=O) groups excluding carboxylic acids is 2. The standard InChI is InChI=1S/C11H13F2N3O2/c1-14-10(17)5-15-6-11(18)16-7-2-3-8(12)9(13)4-7/h2-4,15H,5-6H2,1H3,(H,14,17)(H,16,18). The minimum atomic E-state index is -1.04. The summed E-state index contributed by atoms with van der Waals surface area (Å²) in [5, 5.41) is 7.33. The van der Waals surface area contributed by atoms with Gasteiger partial charge in [-0.2, -0.15) is 0 Å². The van der Waals surface area contributed by atoms with Crippen molar-refractivity contribution in [3.8, 4) is 0 Å². The van der Waals surface area contributed by atoms with E-state index in [1.54, 1.807) is 0 Å². The molecule has 0 saturated heterocycles. The maximum absolute atomic E-state index is 12.8. The van der Waals surface area contributed by atoms with E-state index in [4.69, 9.17) is 0 Å². The third-order valence-electron chi connectivity index (χ3n) is 2.05. The molecule has 2 amide bonds. The summed E-state index contributed by atoms with van der Waals surface area (Å²) in [7, 11) is 1.48. The topological polar surface area (TPSA) is 70.2 Å². The summed E-state index contributed by atoms with van der Waals surface area (Å²) in [5.41, 5.74) is 0.153. The number of amides is 2. The molecule has 3 N–H and O–H groups in total. The van der Waals surface area contributed by atoms with Crippen LogP contribution in [-0.4, -0.2) is 32.0 Å². The molecule has 0 aliphatic heterocycles. The Balaban J connectivity index is 2.40. The van der Waals surface area contributed by atoms with Crippen molar-refractivity contribution in [2.75, 3.05) is 25.5 Å². The first-order valence-electron chi connectivity index (χ1n) is 5.19. The summed E-state index contributed by atoms with van der Waals surface area (Å²) in [6.45, 7) is -0.103. The Morgan fingerprint density at radius 3 is 2.39 bits per heavy atom. The van der Waals surface area contributed by atoms with Gasteiger partial charge in [0, 0.05) is 18.8 Å². The number of carbonyl (C=O) groups is 2. The van der Waals surface area contributed by atoms with Crippen molar-refractivity contribution < 1.29 is 18.4 Å². The smallest absolute Gasteiger partial charge is 0.238 e. The first-order valence-corrected chi connectivity index (χ1v) is 5.19. The van der Waals surface area contributed by atoms with Crippen molar-refractivity contribution in [1.82, 2.24) is 10.6 Å². The molecule has 0 aliphatic carbocycles. The van der Waals surface area contributed by atoms with Crippen molar-refractivity contribution in [3.63, 3.8) is 0 Å². The SMILES string of the molecule is CNC(=O)CNCC(=O)Nc1ccc(F)c(F)c1. The van der Waals surface area contributed by atoms with Crippen LogP contribution in [0.4, 0.5) is 14.5 Å². The molecular formula is C11H13F2N3O2. The van der Waals surface area contributed by atoms with Crippen LogP contribution in [0, 0.1) is 11.6 Å².